The Morgan fingerprint density at radius 3 is 2.61 bits per heavy atom. The van der Waals surface area contributed by atoms with E-state index in [1.165, 1.54) is 24.2 Å². The standard InChI is InChI=1S/C18H17ClN2OS/c19-17-13-11-15(18(22)21-9-5-1-2-6-10-21)23-16(13)12-7-3-4-8-14(12)20-17/h3-4,7-8,11H,1-2,5-6,9-10H2. The van der Waals surface area contributed by atoms with E-state index in [4.69, 9.17) is 11.6 Å². The fraction of sp³-hybridized carbons (Fsp3) is 0.333. The number of nitrogens with zero attached hydrogens (tertiary/aromatic N) is 2. The molecule has 118 valence electrons. The highest BCUT2D eigenvalue weighted by molar-refractivity contribution is 7.21. The van der Waals surface area contributed by atoms with Crippen molar-refractivity contribution in [2.45, 2.75) is 25.7 Å². The van der Waals surface area contributed by atoms with Crippen molar-refractivity contribution >= 4 is 49.8 Å². The predicted molar refractivity (Wildman–Crippen MR) is 96.5 cm³/mol. The van der Waals surface area contributed by atoms with Crippen molar-refractivity contribution in [3.63, 3.8) is 0 Å². The first-order chi connectivity index (χ1) is 11.2. The number of hydrogen-bond donors (Lipinski definition) is 0. The van der Waals surface area contributed by atoms with E-state index in [0.717, 1.165) is 51.8 Å². The molecule has 2 aromatic heterocycles. The van der Waals surface area contributed by atoms with E-state index in [0.29, 0.717) is 5.15 Å². The molecule has 0 spiro atoms. The van der Waals surface area contributed by atoms with Gasteiger partial charge in [-0.05, 0) is 25.0 Å². The molecule has 3 heterocycles. The lowest BCUT2D eigenvalue weighted by Gasteiger charge is -2.19. The lowest BCUT2D eigenvalue weighted by Crippen LogP contribution is -2.31. The number of hydrogen-bond acceptors (Lipinski definition) is 3. The minimum atomic E-state index is 0.133. The Labute approximate surface area is 143 Å². The molecular weight excluding hydrogens is 328 g/mol. The molecule has 0 saturated carbocycles. The van der Waals surface area contributed by atoms with Crippen molar-refractivity contribution < 1.29 is 4.79 Å². The summed E-state index contributed by atoms with van der Waals surface area (Å²) in [6.07, 6.45) is 4.64. The van der Waals surface area contributed by atoms with Gasteiger partial charge in [0.1, 0.15) is 5.15 Å². The number of benzene rings is 1. The van der Waals surface area contributed by atoms with Crippen LogP contribution in [-0.2, 0) is 0 Å². The summed E-state index contributed by atoms with van der Waals surface area (Å²) < 4.78 is 1.05. The first-order valence-corrected chi connectivity index (χ1v) is 9.20. The van der Waals surface area contributed by atoms with Gasteiger partial charge in [-0.25, -0.2) is 4.98 Å². The van der Waals surface area contributed by atoms with Crippen LogP contribution in [0.4, 0.5) is 0 Å². The molecule has 1 saturated heterocycles. The van der Waals surface area contributed by atoms with Gasteiger partial charge in [-0.2, -0.15) is 0 Å². The minimum Gasteiger partial charge on any atom is -0.338 e. The molecule has 1 aromatic carbocycles. The van der Waals surface area contributed by atoms with E-state index >= 15 is 0 Å². The number of carbonyl (C=O) groups excluding carboxylic acids is 1. The van der Waals surface area contributed by atoms with E-state index in [9.17, 15) is 4.79 Å². The largest absolute Gasteiger partial charge is 0.338 e. The zero-order valence-corrected chi connectivity index (χ0v) is 14.3. The van der Waals surface area contributed by atoms with Crippen LogP contribution in [0.1, 0.15) is 35.4 Å². The van der Waals surface area contributed by atoms with Crippen LogP contribution in [0, 0.1) is 0 Å². The van der Waals surface area contributed by atoms with Crippen LogP contribution in [0.2, 0.25) is 5.15 Å². The monoisotopic (exact) mass is 344 g/mol. The Kier molecular flexibility index (Phi) is 3.95. The maximum absolute atomic E-state index is 12.8. The molecule has 3 aromatic rings. The van der Waals surface area contributed by atoms with Crippen LogP contribution in [-0.4, -0.2) is 28.9 Å². The van der Waals surface area contributed by atoms with E-state index in [2.05, 4.69) is 4.98 Å². The fourth-order valence-corrected chi connectivity index (χ4v) is 4.67. The van der Waals surface area contributed by atoms with E-state index in [1.54, 1.807) is 0 Å². The number of aromatic nitrogens is 1. The highest BCUT2D eigenvalue weighted by Gasteiger charge is 2.21. The summed E-state index contributed by atoms with van der Waals surface area (Å²) >= 11 is 7.87. The van der Waals surface area contributed by atoms with E-state index in [-0.39, 0.29) is 5.91 Å². The zero-order valence-electron chi connectivity index (χ0n) is 12.7. The Morgan fingerprint density at radius 1 is 1.09 bits per heavy atom. The Bertz CT molecular complexity index is 881. The number of rotatable bonds is 1. The summed E-state index contributed by atoms with van der Waals surface area (Å²) in [5.41, 5.74) is 0.876. The smallest absolute Gasteiger partial charge is 0.263 e. The average Bonchev–Trinajstić information content (AvgIpc) is 2.84. The molecule has 4 rings (SSSR count). The van der Waals surface area contributed by atoms with E-state index < -0.39 is 0 Å². The summed E-state index contributed by atoms with van der Waals surface area (Å²) in [5, 5.41) is 2.42. The Morgan fingerprint density at radius 2 is 1.83 bits per heavy atom. The van der Waals surface area contributed by atoms with Gasteiger partial charge in [0.05, 0.1) is 10.4 Å². The second kappa shape index (κ2) is 6.10. The van der Waals surface area contributed by atoms with Gasteiger partial charge in [-0.3, -0.25) is 4.79 Å². The summed E-state index contributed by atoms with van der Waals surface area (Å²) in [7, 11) is 0. The number of likely N-dealkylation sites (tertiary alicyclic amines) is 1. The highest BCUT2D eigenvalue weighted by Crippen LogP contribution is 2.36. The number of fused-ring (bicyclic) bond motifs is 3. The molecule has 0 unspecified atom stereocenters. The SMILES string of the molecule is O=C(c1cc2c(Cl)nc3ccccc3c2s1)N1CCCCCC1. The summed E-state index contributed by atoms with van der Waals surface area (Å²) in [4.78, 5) is 20.0. The van der Waals surface area contributed by atoms with Gasteiger partial charge in [0.2, 0.25) is 0 Å². The maximum Gasteiger partial charge on any atom is 0.263 e. The summed E-state index contributed by atoms with van der Waals surface area (Å²) in [5.74, 6) is 0.133. The zero-order chi connectivity index (χ0) is 15.8. The molecule has 3 nitrogen and oxygen atoms in total. The molecule has 1 aliphatic heterocycles. The molecule has 0 atom stereocenters. The van der Waals surface area contributed by atoms with Crippen molar-refractivity contribution in [1.82, 2.24) is 9.88 Å². The van der Waals surface area contributed by atoms with Gasteiger partial charge < -0.3 is 4.90 Å². The number of carbonyl (C=O) groups is 1. The molecule has 1 amide bonds. The van der Waals surface area contributed by atoms with Crippen LogP contribution < -0.4 is 0 Å². The Balaban J connectivity index is 1.80. The first kappa shape index (κ1) is 14.9. The van der Waals surface area contributed by atoms with Crippen LogP contribution in [0.5, 0.6) is 0 Å². The molecule has 0 bridgehead atoms. The number of pyridine rings is 1. The van der Waals surface area contributed by atoms with Gasteiger partial charge in [-0.1, -0.05) is 42.6 Å². The van der Waals surface area contributed by atoms with Crippen LogP contribution >= 0.6 is 22.9 Å². The third-order valence-corrected chi connectivity index (χ3v) is 5.87. The predicted octanol–water partition coefficient (Wildman–Crippen LogP) is 5.12. The number of amides is 1. The molecule has 0 aliphatic carbocycles. The minimum absolute atomic E-state index is 0.133. The van der Waals surface area contributed by atoms with Crippen LogP contribution in [0.25, 0.3) is 21.0 Å². The van der Waals surface area contributed by atoms with Gasteiger partial charge >= 0.3 is 0 Å². The van der Waals surface area contributed by atoms with Crippen molar-refractivity contribution in [2.75, 3.05) is 13.1 Å². The van der Waals surface area contributed by atoms with Crippen molar-refractivity contribution in [2.24, 2.45) is 0 Å². The summed E-state index contributed by atoms with van der Waals surface area (Å²) in [6.45, 7) is 1.72. The lowest BCUT2D eigenvalue weighted by atomic mass is 10.2. The number of halogens is 1. The molecule has 1 aliphatic rings. The quantitative estimate of drug-likeness (QED) is 0.574. The van der Waals surface area contributed by atoms with Crippen LogP contribution in [0.3, 0.4) is 0 Å². The van der Waals surface area contributed by atoms with Gasteiger partial charge in [0, 0.05) is 28.6 Å². The average molecular weight is 345 g/mol. The number of para-hydroxylation sites is 1. The Hall–Kier alpha value is -1.65. The maximum atomic E-state index is 12.8. The second-order valence-electron chi connectivity index (χ2n) is 5.98. The third-order valence-electron chi connectivity index (χ3n) is 4.43. The second-order valence-corrected chi connectivity index (χ2v) is 7.39. The van der Waals surface area contributed by atoms with Gasteiger partial charge in [0.25, 0.3) is 5.91 Å². The molecular formula is C18H17ClN2OS. The van der Waals surface area contributed by atoms with Crippen molar-refractivity contribution in [1.29, 1.82) is 0 Å². The number of thiophene rings is 1. The summed E-state index contributed by atoms with van der Waals surface area (Å²) in [6, 6.07) is 9.85. The van der Waals surface area contributed by atoms with E-state index in [1.807, 2.05) is 35.2 Å². The van der Waals surface area contributed by atoms with Crippen molar-refractivity contribution in [3.8, 4) is 0 Å². The molecule has 0 N–H and O–H groups in total. The normalized spacial score (nSPS) is 16.0. The third kappa shape index (κ3) is 2.70. The fourth-order valence-electron chi connectivity index (χ4n) is 3.21. The molecule has 23 heavy (non-hydrogen) atoms. The van der Waals surface area contributed by atoms with Crippen molar-refractivity contribution in [3.05, 3.63) is 40.4 Å². The molecule has 1 fully saturated rings. The lowest BCUT2D eigenvalue weighted by molar-refractivity contribution is 0.0766. The van der Waals surface area contributed by atoms with Gasteiger partial charge in [-0.15, -0.1) is 11.3 Å². The highest BCUT2D eigenvalue weighted by atomic mass is 35.5. The first-order valence-electron chi connectivity index (χ1n) is 8.01. The van der Waals surface area contributed by atoms with Crippen LogP contribution in [0.15, 0.2) is 30.3 Å². The molecule has 0 radical (unpaired) electrons. The topological polar surface area (TPSA) is 33.2 Å². The van der Waals surface area contributed by atoms with Gasteiger partial charge in [0.15, 0.2) is 0 Å². The molecule has 5 heteroatoms.